The van der Waals surface area contributed by atoms with E-state index in [0.29, 0.717) is 0 Å². The molecule has 0 saturated heterocycles. The fraction of sp³-hybridized carbons (Fsp3) is 0.409. The second-order valence-electron chi connectivity index (χ2n) is 7.94. The van der Waals surface area contributed by atoms with Gasteiger partial charge in [0.2, 0.25) is 0 Å². The molecule has 3 heterocycles. The average Bonchev–Trinajstić information content (AvgIpc) is 3.31. The molecule has 28 heavy (non-hydrogen) atoms. The number of hydrogen-bond donors (Lipinski definition) is 1. The molecule has 1 unspecified atom stereocenters. The second kappa shape index (κ2) is 7.51. The van der Waals surface area contributed by atoms with Crippen LogP contribution in [0, 0.1) is 11.8 Å². The molecule has 1 aliphatic rings. The summed E-state index contributed by atoms with van der Waals surface area (Å²) >= 11 is 1.75. The van der Waals surface area contributed by atoms with Crippen LogP contribution in [-0.4, -0.2) is 26.1 Å². The van der Waals surface area contributed by atoms with E-state index in [1.807, 2.05) is 24.7 Å². The summed E-state index contributed by atoms with van der Waals surface area (Å²) in [6, 6.07) is 10.4. The van der Waals surface area contributed by atoms with Crippen LogP contribution in [0.3, 0.4) is 0 Å². The van der Waals surface area contributed by atoms with Crippen LogP contribution in [0.2, 0.25) is 0 Å². The molecule has 0 spiro atoms. The van der Waals surface area contributed by atoms with Crippen LogP contribution in [0.5, 0.6) is 0 Å². The third kappa shape index (κ3) is 3.49. The Morgan fingerprint density at radius 2 is 2.07 bits per heavy atom. The van der Waals surface area contributed by atoms with E-state index in [9.17, 15) is 0 Å². The molecule has 2 atom stereocenters. The van der Waals surface area contributed by atoms with Gasteiger partial charge in [0.25, 0.3) is 0 Å². The van der Waals surface area contributed by atoms with Gasteiger partial charge in [-0.05, 0) is 48.1 Å². The van der Waals surface area contributed by atoms with E-state index in [1.165, 1.54) is 35.9 Å². The molecule has 4 aromatic rings. The van der Waals surface area contributed by atoms with Crippen molar-refractivity contribution in [2.45, 2.75) is 39.2 Å². The van der Waals surface area contributed by atoms with Gasteiger partial charge < -0.3 is 9.88 Å². The molecular weight excluding hydrogens is 366 g/mol. The number of rotatable bonds is 5. The van der Waals surface area contributed by atoms with Crippen LogP contribution in [-0.2, 0) is 6.54 Å². The van der Waals surface area contributed by atoms with Crippen molar-refractivity contribution in [1.82, 2.24) is 19.5 Å². The number of fused-ring (bicyclic) bond motifs is 2. The quantitative estimate of drug-likeness (QED) is 0.500. The SMILES string of the molecule is C[C@H]1CCCCC1CNc1nc2ccc(Cn3cnc4cccnc43)cc2s1. The molecule has 0 aliphatic heterocycles. The highest BCUT2D eigenvalue weighted by Crippen LogP contribution is 2.31. The van der Waals surface area contributed by atoms with Crippen LogP contribution in [0.4, 0.5) is 5.13 Å². The van der Waals surface area contributed by atoms with E-state index in [1.54, 1.807) is 11.3 Å². The Hall–Kier alpha value is -2.47. The molecule has 0 amide bonds. The molecule has 5 rings (SSSR count). The van der Waals surface area contributed by atoms with Crippen LogP contribution in [0.1, 0.15) is 38.2 Å². The standard InChI is InChI=1S/C22H25N5S/c1-15-5-2-3-6-17(15)12-24-22-26-18-9-8-16(11-20(18)28-22)13-27-14-25-19-7-4-10-23-21(19)27/h4,7-11,14-15,17H,2-3,5-6,12-13H2,1H3,(H,24,26)/t15-,17?/m0/s1. The van der Waals surface area contributed by atoms with Gasteiger partial charge in [0, 0.05) is 12.7 Å². The van der Waals surface area contributed by atoms with Gasteiger partial charge in [0.15, 0.2) is 10.8 Å². The Morgan fingerprint density at radius 1 is 1.14 bits per heavy atom. The highest BCUT2D eigenvalue weighted by molar-refractivity contribution is 7.22. The monoisotopic (exact) mass is 391 g/mol. The molecule has 6 heteroatoms. The van der Waals surface area contributed by atoms with Gasteiger partial charge in [-0.25, -0.2) is 15.0 Å². The molecule has 1 fully saturated rings. The summed E-state index contributed by atoms with van der Waals surface area (Å²) in [5, 5.41) is 4.65. The molecule has 5 nitrogen and oxygen atoms in total. The Morgan fingerprint density at radius 3 is 3.00 bits per heavy atom. The molecule has 1 aliphatic carbocycles. The number of pyridine rings is 1. The lowest BCUT2D eigenvalue weighted by Crippen LogP contribution is -2.24. The van der Waals surface area contributed by atoms with Crippen molar-refractivity contribution in [3.05, 3.63) is 48.4 Å². The van der Waals surface area contributed by atoms with Crippen molar-refractivity contribution < 1.29 is 0 Å². The van der Waals surface area contributed by atoms with Gasteiger partial charge in [0.1, 0.15) is 5.52 Å². The summed E-state index contributed by atoms with van der Waals surface area (Å²) < 4.78 is 3.33. The summed E-state index contributed by atoms with van der Waals surface area (Å²) in [4.78, 5) is 13.7. The molecular formula is C22H25N5S. The largest absolute Gasteiger partial charge is 0.361 e. The minimum Gasteiger partial charge on any atom is -0.361 e. The van der Waals surface area contributed by atoms with Gasteiger partial charge in [-0.3, -0.25) is 0 Å². The van der Waals surface area contributed by atoms with Crippen molar-refractivity contribution in [3.8, 4) is 0 Å². The number of anilines is 1. The summed E-state index contributed by atoms with van der Waals surface area (Å²) in [6.45, 7) is 4.20. The average molecular weight is 392 g/mol. The van der Waals surface area contributed by atoms with Gasteiger partial charge >= 0.3 is 0 Å². The third-order valence-corrected chi connectivity index (χ3v) is 6.96. The smallest absolute Gasteiger partial charge is 0.183 e. The Bertz CT molecular complexity index is 1100. The topological polar surface area (TPSA) is 55.6 Å². The van der Waals surface area contributed by atoms with Crippen molar-refractivity contribution in [2.24, 2.45) is 11.8 Å². The molecule has 1 saturated carbocycles. The maximum Gasteiger partial charge on any atom is 0.183 e. The van der Waals surface area contributed by atoms with Crippen LogP contribution >= 0.6 is 11.3 Å². The highest BCUT2D eigenvalue weighted by Gasteiger charge is 2.21. The van der Waals surface area contributed by atoms with Crippen LogP contribution in [0.15, 0.2) is 42.9 Å². The van der Waals surface area contributed by atoms with Gasteiger partial charge in [-0.15, -0.1) is 0 Å². The fourth-order valence-corrected chi connectivity index (χ4v) is 5.20. The van der Waals surface area contributed by atoms with E-state index >= 15 is 0 Å². The van der Waals surface area contributed by atoms with E-state index < -0.39 is 0 Å². The molecule has 1 N–H and O–H groups in total. The Balaban J connectivity index is 1.32. The number of hydrogen-bond acceptors (Lipinski definition) is 5. The number of imidazole rings is 1. The molecule has 1 aromatic carbocycles. The summed E-state index contributed by atoms with van der Waals surface area (Å²) in [5.41, 5.74) is 4.18. The molecule has 144 valence electrons. The number of aromatic nitrogens is 4. The van der Waals surface area contributed by atoms with Crippen molar-refractivity contribution in [1.29, 1.82) is 0 Å². The zero-order chi connectivity index (χ0) is 18.9. The minimum absolute atomic E-state index is 0.768. The number of thiazole rings is 1. The van der Waals surface area contributed by atoms with E-state index in [4.69, 9.17) is 4.98 Å². The van der Waals surface area contributed by atoms with Crippen molar-refractivity contribution in [3.63, 3.8) is 0 Å². The first kappa shape index (κ1) is 17.6. The van der Waals surface area contributed by atoms with E-state index in [0.717, 1.165) is 46.7 Å². The fourth-order valence-electron chi connectivity index (χ4n) is 4.27. The Kier molecular flexibility index (Phi) is 4.72. The maximum atomic E-state index is 4.79. The lowest BCUT2D eigenvalue weighted by molar-refractivity contribution is 0.268. The number of nitrogens with one attached hydrogen (secondary N) is 1. The summed E-state index contributed by atoms with van der Waals surface area (Å²) in [5.74, 6) is 1.60. The Labute approximate surface area is 168 Å². The molecule has 0 bridgehead atoms. The first-order valence-corrected chi connectivity index (χ1v) is 11.0. The summed E-state index contributed by atoms with van der Waals surface area (Å²) in [7, 11) is 0. The first-order valence-electron chi connectivity index (χ1n) is 10.2. The predicted octanol–water partition coefficient (Wildman–Crippen LogP) is 5.33. The van der Waals surface area contributed by atoms with Crippen LogP contribution < -0.4 is 5.32 Å². The van der Waals surface area contributed by atoms with Crippen LogP contribution in [0.25, 0.3) is 21.4 Å². The zero-order valence-corrected chi connectivity index (χ0v) is 17.0. The predicted molar refractivity (Wildman–Crippen MR) is 116 cm³/mol. The minimum atomic E-state index is 0.768. The van der Waals surface area contributed by atoms with Crippen molar-refractivity contribution >= 4 is 37.8 Å². The van der Waals surface area contributed by atoms with E-state index in [2.05, 4.69) is 45.0 Å². The third-order valence-electron chi connectivity index (χ3n) is 5.98. The van der Waals surface area contributed by atoms with Crippen molar-refractivity contribution in [2.75, 3.05) is 11.9 Å². The number of benzene rings is 1. The van der Waals surface area contributed by atoms with Gasteiger partial charge in [0.05, 0.1) is 23.1 Å². The molecule has 0 radical (unpaired) electrons. The lowest BCUT2D eigenvalue weighted by Gasteiger charge is -2.28. The normalized spacial score (nSPS) is 20.0. The zero-order valence-electron chi connectivity index (χ0n) is 16.1. The lowest BCUT2D eigenvalue weighted by atomic mass is 9.80. The van der Waals surface area contributed by atoms with Gasteiger partial charge in [-0.2, -0.15) is 0 Å². The highest BCUT2D eigenvalue weighted by atomic mass is 32.1. The molecule has 3 aromatic heterocycles. The van der Waals surface area contributed by atoms with E-state index in [-0.39, 0.29) is 0 Å². The maximum absolute atomic E-state index is 4.79. The number of nitrogens with zero attached hydrogens (tertiary/aromatic N) is 4. The first-order chi connectivity index (χ1) is 13.8. The summed E-state index contributed by atoms with van der Waals surface area (Å²) in [6.07, 6.45) is 9.16. The second-order valence-corrected chi connectivity index (χ2v) is 8.97. The van der Waals surface area contributed by atoms with Gasteiger partial charge in [-0.1, -0.05) is 43.6 Å².